The third-order valence-electron chi connectivity index (χ3n) is 16.5. The van der Waals surface area contributed by atoms with Crippen LogP contribution in [0.15, 0.2) is 60.5 Å². The minimum Gasteiger partial charge on any atom is -0.460 e. The van der Waals surface area contributed by atoms with Crippen molar-refractivity contribution in [2.24, 2.45) is 41.4 Å². The number of cyclic esters (lactones) is 1. The van der Waals surface area contributed by atoms with Gasteiger partial charge in [0.2, 0.25) is 5.79 Å². The van der Waals surface area contributed by atoms with E-state index >= 15 is 0 Å². The SMILES string of the molecule is CO[C@H]1C[C@@H]2CC[C@@H](C)[C@@](O)(O2)C(=O)C(=O)N2CCCC[C@H]2C(=O)O[C@H]([C@H](C)C[C@H]2CC[C@@H](OCCNC(=O)c3cccnc3)[C@H](OC)C2)CC(=O)[C@H](C)CC(C)[C@@H](O)[C@@H](OC)C(=O)[C@H](C)C[C@H](C)/C=C/C=C/C=C/1C. The van der Waals surface area contributed by atoms with Crippen LogP contribution in [-0.4, -0.2) is 151 Å². The molecule has 0 spiro atoms. The quantitative estimate of drug-likeness (QED) is 0.114. The highest BCUT2D eigenvalue weighted by molar-refractivity contribution is 6.39. The summed E-state index contributed by atoms with van der Waals surface area (Å²) in [6.45, 7) is 13.6. The van der Waals surface area contributed by atoms with Crippen molar-refractivity contribution in [3.05, 3.63) is 66.0 Å². The van der Waals surface area contributed by atoms with Crippen molar-refractivity contribution in [1.29, 1.82) is 0 Å². The molecule has 4 heterocycles. The Kier molecular flexibility index (Phi) is 24.6. The van der Waals surface area contributed by atoms with Crippen molar-refractivity contribution in [3.8, 4) is 0 Å². The van der Waals surface area contributed by atoms with E-state index in [1.54, 1.807) is 53.3 Å². The van der Waals surface area contributed by atoms with E-state index in [9.17, 15) is 39.0 Å². The number of fused-ring (bicyclic) bond motifs is 3. The number of rotatable bonds is 11. The number of aromatic nitrogens is 1. The Morgan fingerprint density at radius 1 is 0.895 bits per heavy atom. The Hall–Kier alpha value is -4.49. The lowest BCUT2D eigenvalue weighted by Crippen LogP contribution is -2.61. The number of aliphatic hydroxyl groups excluding tert-OH is 1. The zero-order valence-corrected chi connectivity index (χ0v) is 46.9. The topological polar surface area (TPSA) is 226 Å². The molecule has 5 rings (SSSR count). The molecule has 0 aromatic carbocycles. The molecule has 16 atom stereocenters. The summed E-state index contributed by atoms with van der Waals surface area (Å²) in [6, 6.07) is 2.23. The number of nitrogens with one attached hydrogen (secondary N) is 1. The zero-order valence-electron chi connectivity index (χ0n) is 46.9. The van der Waals surface area contributed by atoms with Gasteiger partial charge >= 0.3 is 5.97 Å². The van der Waals surface area contributed by atoms with Crippen molar-refractivity contribution in [3.63, 3.8) is 0 Å². The smallest absolute Gasteiger partial charge is 0.329 e. The van der Waals surface area contributed by atoms with Crippen LogP contribution < -0.4 is 5.32 Å². The highest BCUT2D eigenvalue weighted by Crippen LogP contribution is 2.38. The van der Waals surface area contributed by atoms with Gasteiger partial charge in [-0.1, -0.05) is 71.9 Å². The van der Waals surface area contributed by atoms with Gasteiger partial charge in [-0.3, -0.25) is 29.0 Å². The Bertz CT molecular complexity index is 2170. The van der Waals surface area contributed by atoms with Crippen molar-refractivity contribution in [2.75, 3.05) is 41.0 Å². The van der Waals surface area contributed by atoms with Gasteiger partial charge in [-0.25, -0.2) is 4.79 Å². The van der Waals surface area contributed by atoms with E-state index in [2.05, 4.69) is 10.3 Å². The minimum atomic E-state index is -2.44. The highest BCUT2D eigenvalue weighted by Gasteiger charge is 2.53. The summed E-state index contributed by atoms with van der Waals surface area (Å²) >= 11 is 0. The summed E-state index contributed by atoms with van der Waals surface area (Å²) in [4.78, 5) is 89.3. The lowest BCUT2D eigenvalue weighted by molar-refractivity contribution is -0.265. The van der Waals surface area contributed by atoms with Gasteiger partial charge in [0.25, 0.3) is 17.6 Å². The minimum absolute atomic E-state index is 0.0201. The highest BCUT2D eigenvalue weighted by atomic mass is 16.6. The molecule has 3 N–H and O–H groups in total. The second-order valence-electron chi connectivity index (χ2n) is 22.4. The number of aliphatic hydroxyl groups is 2. The first-order valence-electron chi connectivity index (χ1n) is 27.8. The maximum Gasteiger partial charge on any atom is 0.329 e. The number of piperidine rings is 1. The zero-order chi connectivity index (χ0) is 55.7. The van der Waals surface area contributed by atoms with E-state index in [4.69, 9.17) is 28.4 Å². The Morgan fingerprint density at radius 2 is 1.66 bits per heavy atom. The molecular weight excluding hydrogens is 975 g/mol. The molecule has 424 valence electrons. The van der Waals surface area contributed by atoms with Crippen LogP contribution in [0.25, 0.3) is 0 Å². The molecule has 2 saturated heterocycles. The monoisotopic (exact) mass is 1060 g/mol. The van der Waals surface area contributed by atoms with Crippen LogP contribution in [0.3, 0.4) is 0 Å². The first-order valence-corrected chi connectivity index (χ1v) is 27.8. The normalized spacial score (nSPS) is 36.5. The van der Waals surface area contributed by atoms with E-state index in [0.29, 0.717) is 69.9 Å². The van der Waals surface area contributed by atoms with Crippen molar-refractivity contribution >= 4 is 35.1 Å². The molecule has 4 aliphatic rings. The number of carbonyl (C=O) groups is 6. The second-order valence-corrected chi connectivity index (χ2v) is 22.4. The molecule has 1 unspecified atom stereocenters. The largest absolute Gasteiger partial charge is 0.460 e. The Balaban J connectivity index is 1.38. The molecule has 2 amide bonds. The van der Waals surface area contributed by atoms with Crippen LogP contribution in [0.1, 0.15) is 142 Å². The lowest BCUT2D eigenvalue weighted by atomic mass is 9.78. The molecule has 76 heavy (non-hydrogen) atoms. The summed E-state index contributed by atoms with van der Waals surface area (Å²) in [5, 5.41) is 26.5. The first kappa shape index (κ1) is 62.4. The number of hydrogen-bond donors (Lipinski definition) is 3. The third-order valence-corrected chi connectivity index (χ3v) is 16.5. The summed E-state index contributed by atoms with van der Waals surface area (Å²) in [6.07, 6.45) is 13.7. The van der Waals surface area contributed by atoms with Crippen LogP contribution in [-0.2, 0) is 52.4 Å². The molecule has 3 fully saturated rings. The molecular formula is C59H89N3O14. The number of methoxy groups -OCH3 is 3. The predicted molar refractivity (Wildman–Crippen MR) is 285 cm³/mol. The third kappa shape index (κ3) is 17.0. The summed E-state index contributed by atoms with van der Waals surface area (Å²) < 4.78 is 36.2. The fraction of sp³-hybridized carbons (Fsp3) is 0.712. The molecule has 17 heteroatoms. The van der Waals surface area contributed by atoms with Crippen molar-refractivity contribution in [2.45, 2.75) is 186 Å². The van der Waals surface area contributed by atoms with Crippen LogP contribution in [0.2, 0.25) is 0 Å². The number of Topliss-reactive ketones (excluding diaryl/α,β-unsaturated/α-hetero) is 3. The van der Waals surface area contributed by atoms with Crippen molar-refractivity contribution < 1.29 is 67.4 Å². The molecule has 0 radical (unpaired) electrons. The van der Waals surface area contributed by atoms with E-state index in [1.807, 2.05) is 58.1 Å². The second kappa shape index (κ2) is 30.0. The number of carbonyl (C=O) groups excluding carboxylic acids is 6. The number of amides is 2. The van der Waals surface area contributed by atoms with E-state index in [0.717, 1.165) is 12.0 Å². The first-order chi connectivity index (χ1) is 36.2. The molecule has 1 aromatic rings. The maximum absolute atomic E-state index is 14.6. The average molecular weight is 1060 g/mol. The number of ether oxygens (including phenoxy) is 6. The maximum atomic E-state index is 14.6. The number of esters is 1. The van der Waals surface area contributed by atoms with E-state index in [-0.39, 0.29) is 79.8 Å². The standard InChI is InChI=1S/C59H89N3O14/c1-36-17-12-11-13-18-37(2)49(71-8)33-45-23-21-42(7)59(70,76-45)55(66)57(68)62-27-15-14-20-46(62)58(69)75-50(34-47(63)38(3)30-41(6)53(65)54(73-10)52(64)40(5)29-36)39(4)31-43-22-24-48(51(32-43)72-9)74-28-26-61-56(67)44-19-16-25-60-35-44/h11-13,16-19,25,35-36,38-43,45-46,48-51,53-54,65,70H,14-15,20-24,26-34H2,1-10H3,(H,61,67)/b13-11+,17-12+,37-18+/t36-,38-,39-,40-,41?,42-,43-,45+,46+,48-,49+,50+,51-,53-,54+,59-/m1/s1. The summed E-state index contributed by atoms with van der Waals surface area (Å²) in [5.41, 5.74) is 1.34. The fourth-order valence-corrected chi connectivity index (χ4v) is 11.6. The van der Waals surface area contributed by atoms with E-state index < -0.39 is 83.7 Å². The van der Waals surface area contributed by atoms with Crippen LogP contribution in [0.4, 0.5) is 0 Å². The molecule has 1 aromatic heterocycles. The number of hydrogen-bond acceptors (Lipinski definition) is 15. The van der Waals surface area contributed by atoms with E-state index in [1.165, 1.54) is 18.2 Å². The Morgan fingerprint density at radius 3 is 2.36 bits per heavy atom. The summed E-state index contributed by atoms with van der Waals surface area (Å²) in [7, 11) is 4.62. The summed E-state index contributed by atoms with van der Waals surface area (Å²) in [5.74, 6) is -8.53. The molecule has 2 bridgehead atoms. The average Bonchev–Trinajstić information content (AvgIpc) is 3.43. The van der Waals surface area contributed by atoms with Gasteiger partial charge in [0, 0.05) is 77.4 Å². The Labute approximate surface area is 451 Å². The van der Waals surface area contributed by atoms with Gasteiger partial charge < -0.3 is 48.9 Å². The lowest BCUT2D eigenvalue weighted by Gasteiger charge is -2.42. The van der Waals surface area contributed by atoms with Gasteiger partial charge in [-0.2, -0.15) is 0 Å². The molecule has 1 aliphatic carbocycles. The number of allylic oxidation sites excluding steroid dienone is 5. The molecule has 3 aliphatic heterocycles. The number of nitrogens with zero attached hydrogens (tertiary/aromatic N) is 2. The fourth-order valence-electron chi connectivity index (χ4n) is 11.6. The molecule has 17 nitrogen and oxygen atoms in total. The number of ketones is 3. The van der Waals surface area contributed by atoms with Crippen LogP contribution in [0.5, 0.6) is 0 Å². The van der Waals surface area contributed by atoms with Gasteiger partial charge in [0.1, 0.15) is 24.0 Å². The van der Waals surface area contributed by atoms with Gasteiger partial charge in [0.05, 0.1) is 42.7 Å². The van der Waals surface area contributed by atoms with Crippen LogP contribution in [0, 0.1) is 41.4 Å². The van der Waals surface area contributed by atoms with Crippen LogP contribution >= 0.6 is 0 Å². The van der Waals surface area contributed by atoms with Gasteiger partial charge in [-0.05, 0) is 119 Å². The van der Waals surface area contributed by atoms with Gasteiger partial charge in [-0.15, -0.1) is 0 Å². The predicted octanol–water partition coefficient (Wildman–Crippen LogP) is 7.11. The number of pyridine rings is 1. The van der Waals surface area contributed by atoms with Crippen molar-refractivity contribution in [1.82, 2.24) is 15.2 Å². The van der Waals surface area contributed by atoms with Gasteiger partial charge in [0.15, 0.2) is 5.78 Å². The molecule has 1 saturated carbocycles.